The minimum absolute atomic E-state index is 0.138. The summed E-state index contributed by atoms with van der Waals surface area (Å²) in [5.41, 5.74) is 0.378. The third-order valence-corrected chi connectivity index (χ3v) is 4.98. The summed E-state index contributed by atoms with van der Waals surface area (Å²) in [7, 11) is 1.88. The molecule has 1 saturated carbocycles. The van der Waals surface area contributed by atoms with E-state index in [1.165, 1.54) is 12.8 Å². The lowest BCUT2D eigenvalue weighted by Gasteiger charge is -2.38. The molecule has 1 unspecified atom stereocenters. The largest absolute Gasteiger partial charge is 0.342 e. The molecule has 3 heteroatoms. The predicted molar refractivity (Wildman–Crippen MR) is 77.9 cm³/mol. The van der Waals surface area contributed by atoms with Crippen LogP contribution in [0.4, 0.5) is 0 Å². The third-order valence-electron chi connectivity index (χ3n) is 4.53. The number of hydrogen-bond donors (Lipinski definition) is 0. The molecule has 1 aliphatic rings. The first-order valence-electron chi connectivity index (χ1n) is 7.10. The van der Waals surface area contributed by atoms with Crippen LogP contribution in [0.25, 0.3) is 0 Å². The van der Waals surface area contributed by atoms with Crippen molar-refractivity contribution < 1.29 is 4.79 Å². The van der Waals surface area contributed by atoms with E-state index in [1.54, 1.807) is 0 Å². The molecule has 0 bridgehead atoms. The average molecular weight is 274 g/mol. The molecule has 0 aromatic carbocycles. The molecule has 2 nitrogen and oxygen atoms in total. The van der Waals surface area contributed by atoms with Gasteiger partial charge < -0.3 is 4.90 Å². The molecule has 1 aliphatic carbocycles. The van der Waals surface area contributed by atoms with Gasteiger partial charge in [-0.25, -0.2) is 0 Å². The second kappa shape index (κ2) is 6.27. The molecule has 0 radical (unpaired) electrons. The van der Waals surface area contributed by atoms with Gasteiger partial charge in [-0.3, -0.25) is 4.79 Å². The van der Waals surface area contributed by atoms with Crippen LogP contribution < -0.4 is 0 Å². The molecule has 1 rings (SSSR count). The normalized spacial score (nSPS) is 26.8. The number of rotatable bonds is 3. The van der Waals surface area contributed by atoms with E-state index in [4.69, 9.17) is 11.6 Å². The van der Waals surface area contributed by atoms with Crippen molar-refractivity contribution in [2.24, 2.45) is 17.3 Å². The van der Waals surface area contributed by atoms with Gasteiger partial charge in [0.05, 0.1) is 0 Å². The van der Waals surface area contributed by atoms with Crippen LogP contribution in [0, 0.1) is 17.3 Å². The highest BCUT2D eigenvalue weighted by atomic mass is 35.5. The van der Waals surface area contributed by atoms with E-state index in [-0.39, 0.29) is 17.9 Å². The summed E-state index contributed by atoms with van der Waals surface area (Å²) in [6.07, 6.45) is 4.45. The Morgan fingerprint density at radius 1 is 1.28 bits per heavy atom. The molecule has 0 saturated heterocycles. The summed E-state index contributed by atoms with van der Waals surface area (Å²) in [4.78, 5) is 14.2. The Bertz CT molecular complexity index is 277. The smallest absolute Gasteiger partial charge is 0.225 e. The Morgan fingerprint density at radius 2 is 1.78 bits per heavy atom. The maximum atomic E-state index is 12.3. The van der Waals surface area contributed by atoms with Gasteiger partial charge in [0.15, 0.2) is 0 Å². The number of carbonyl (C=O) groups is 1. The van der Waals surface area contributed by atoms with Crippen molar-refractivity contribution in [1.29, 1.82) is 0 Å². The number of carbonyl (C=O) groups excluding carboxylic acids is 1. The SMILES string of the molecule is CC(CCl)N(C)C(=O)C1CCC(C(C)(C)C)CC1. The highest BCUT2D eigenvalue weighted by Crippen LogP contribution is 2.40. The van der Waals surface area contributed by atoms with Gasteiger partial charge >= 0.3 is 0 Å². The molecule has 0 aliphatic heterocycles. The number of nitrogens with zero attached hydrogens (tertiary/aromatic N) is 1. The molecule has 1 amide bonds. The van der Waals surface area contributed by atoms with Gasteiger partial charge in [0.1, 0.15) is 0 Å². The summed E-state index contributed by atoms with van der Waals surface area (Å²) < 4.78 is 0. The fourth-order valence-electron chi connectivity index (χ4n) is 2.82. The lowest BCUT2D eigenvalue weighted by Crippen LogP contribution is -2.41. The van der Waals surface area contributed by atoms with Crippen LogP contribution in [0.1, 0.15) is 53.4 Å². The highest BCUT2D eigenvalue weighted by molar-refractivity contribution is 6.18. The van der Waals surface area contributed by atoms with Crippen molar-refractivity contribution in [3.05, 3.63) is 0 Å². The van der Waals surface area contributed by atoms with Crippen LogP contribution in [0.15, 0.2) is 0 Å². The van der Waals surface area contributed by atoms with Crippen molar-refractivity contribution in [2.75, 3.05) is 12.9 Å². The molecule has 0 aromatic heterocycles. The Hall–Kier alpha value is -0.240. The van der Waals surface area contributed by atoms with E-state index in [0.717, 1.165) is 18.8 Å². The lowest BCUT2D eigenvalue weighted by atomic mass is 9.69. The van der Waals surface area contributed by atoms with Crippen molar-refractivity contribution in [3.8, 4) is 0 Å². The van der Waals surface area contributed by atoms with Gasteiger partial charge in [-0.1, -0.05) is 20.8 Å². The first-order chi connectivity index (χ1) is 8.27. The number of alkyl halides is 1. The number of amides is 1. The van der Waals surface area contributed by atoms with E-state index in [2.05, 4.69) is 20.8 Å². The molecule has 1 atom stereocenters. The van der Waals surface area contributed by atoms with Crippen LogP contribution in [0.3, 0.4) is 0 Å². The van der Waals surface area contributed by atoms with E-state index in [1.807, 2.05) is 18.9 Å². The highest BCUT2D eigenvalue weighted by Gasteiger charge is 2.33. The van der Waals surface area contributed by atoms with Crippen LogP contribution in [0.2, 0.25) is 0 Å². The fourth-order valence-corrected chi connectivity index (χ4v) is 3.02. The van der Waals surface area contributed by atoms with Crippen molar-refractivity contribution in [3.63, 3.8) is 0 Å². The van der Waals surface area contributed by atoms with Gasteiger partial charge in [0, 0.05) is 24.9 Å². The lowest BCUT2D eigenvalue weighted by molar-refractivity contribution is -0.137. The first-order valence-corrected chi connectivity index (χ1v) is 7.63. The molecule has 18 heavy (non-hydrogen) atoms. The zero-order valence-corrected chi connectivity index (χ0v) is 13.3. The minimum Gasteiger partial charge on any atom is -0.342 e. The standard InChI is InChI=1S/C15H28ClNO/c1-11(10-16)17(5)14(18)12-6-8-13(9-7-12)15(2,3)4/h11-13H,6-10H2,1-5H3. The summed E-state index contributed by atoms with van der Waals surface area (Å²) in [6, 6.07) is 0.138. The van der Waals surface area contributed by atoms with Gasteiger partial charge in [0.2, 0.25) is 5.91 Å². The summed E-state index contributed by atoms with van der Waals surface area (Å²) in [5.74, 6) is 1.78. The van der Waals surface area contributed by atoms with Crippen LogP contribution >= 0.6 is 11.6 Å². The minimum atomic E-state index is 0.138. The Labute approximate surface area is 117 Å². The van der Waals surface area contributed by atoms with Crippen molar-refractivity contribution in [2.45, 2.75) is 59.4 Å². The molecule has 0 spiro atoms. The molecule has 0 N–H and O–H groups in total. The third kappa shape index (κ3) is 3.88. The number of hydrogen-bond acceptors (Lipinski definition) is 1. The first kappa shape index (κ1) is 15.8. The van der Waals surface area contributed by atoms with E-state index >= 15 is 0 Å². The monoisotopic (exact) mass is 273 g/mol. The van der Waals surface area contributed by atoms with Gasteiger partial charge in [-0.2, -0.15) is 0 Å². The summed E-state index contributed by atoms with van der Waals surface area (Å²) >= 11 is 5.82. The van der Waals surface area contributed by atoms with Crippen LogP contribution in [-0.4, -0.2) is 29.8 Å². The molecule has 0 aromatic rings. The van der Waals surface area contributed by atoms with Crippen LogP contribution in [0.5, 0.6) is 0 Å². The molecular formula is C15H28ClNO. The Kier molecular flexibility index (Phi) is 5.51. The van der Waals surface area contributed by atoms with Gasteiger partial charge in [0.25, 0.3) is 0 Å². The van der Waals surface area contributed by atoms with Gasteiger partial charge in [-0.15, -0.1) is 11.6 Å². The predicted octanol–water partition coefficient (Wildman–Crippen LogP) is 3.92. The summed E-state index contributed by atoms with van der Waals surface area (Å²) in [6.45, 7) is 8.93. The molecule has 0 heterocycles. The second-order valence-corrected chi connectivity index (χ2v) is 7.18. The van der Waals surface area contributed by atoms with Gasteiger partial charge in [-0.05, 0) is 43.9 Å². The molecule has 106 valence electrons. The number of halogens is 1. The Morgan fingerprint density at radius 3 is 2.17 bits per heavy atom. The zero-order chi connectivity index (χ0) is 13.9. The van der Waals surface area contributed by atoms with E-state index in [0.29, 0.717) is 11.3 Å². The van der Waals surface area contributed by atoms with Crippen LogP contribution in [-0.2, 0) is 4.79 Å². The molecular weight excluding hydrogens is 246 g/mol. The fraction of sp³-hybridized carbons (Fsp3) is 0.933. The quantitative estimate of drug-likeness (QED) is 0.714. The van der Waals surface area contributed by atoms with Crippen molar-refractivity contribution in [1.82, 2.24) is 4.90 Å². The van der Waals surface area contributed by atoms with E-state index < -0.39 is 0 Å². The second-order valence-electron chi connectivity index (χ2n) is 6.87. The van der Waals surface area contributed by atoms with E-state index in [9.17, 15) is 4.79 Å². The van der Waals surface area contributed by atoms with Crippen molar-refractivity contribution >= 4 is 17.5 Å². The Balaban J connectivity index is 2.50. The average Bonchev–Trinajstić information content (AvgIpc) is 2.35. The summed E-state index contributed by atoms with van der Waals surface area (Å²) in [5, 5.41) is 0. The zero-order valence-electron chi connectivity index (χ0n) is 12.5. The molecule has 1 fully saturated rings. The topological polar surface area (TPSA) is 20.3 Å². The maximum Gasteiger partial charge on any atom is 0.225 e. The maximum absolute atomic E-state index is 12.3.